The minimum Gasteiger partial charge on any atom is -0.374 e. The van der Waals surface area contributed by atoms with Crippen LogP contribution < -0.4 is 21.0 Å². The van der Waals surface area contributed by atoms with Crippen molar-refractivity contribution in [3.05, 3.63) is 0 Å². The number of rotatable bonds is 19. The monoisotopic (exact) mass is 497 g/mol. The predicted molar refractivity (Wildman–Crippen MR) is 136 cm³/mol. The first kappa shape index (κ1) is 33.5. The van der Waals surface area contributed by atoms with Gasteiger partial charge in [0.05, 0.1) is 0 Å². The molecule has 0 aliphatic rings. The lowest BCUT2D eigenvalue weighted by Gasteiger charge is -2.28. The first-order valence-corrected chi connectivity index (χ1v) is 14.0. The minimum atomic E-state index is -2.64. The van der Waals surface area contributed by atoms with Crippen molar-refractivity contribution >= 4 is 30.0 Å². The van der Waals surface area contributed by atoms with Crippen molar-refractivity contribution in [1.82, 2.24) is 25.9 Å². The number of ketones is 1. The minimum absolute atomic E-state index is 0.0489. The van der Waals surface area contributed by atoms with Gasteiger partial charge in [0, 0.05) is 71.7 Å². The van der Waals surface area contributed by atoms with E-state index in [-0.39, 0.29) is 11.8 Å². The van der Waals surface area contributed by atoms with Crippen molar-refractivity contribution in [3.8, 4) is 0 Å². The molecule has 12 heteroatoms. The highest BCUT2D eigenvalue weighted by molar-refractivity contribution is 7.13. The number of hydrogen-bond acceptors (Lipinski definition) is 8. The van der Waals surface area contributed by atoms with Gasteiger partial charge in [0.25, 0.3) is 0 Å². The zero-order valence-electron chi connectivity index (χ0n) is 21.1. The Morgan fingerprint density at radius 1 is 0.875 bits per heavy atom. The number of carbonyl (C=O) groups excluding carboxylic acids is 2. The van der Waals surface area contributed by atoms with E-state index in [0.717, 1.165) is 32.6 Å². The molecule has 192 valence electrons. The first-order chi connectivity index (χ1) is 15.3. The lowest BCUT2D eigenvalue weighted by molar-refractivity contribution is -0.115. The molecule has 0 rings (SSSR count). The van der Waals surface area contributed by atoms with Gasteiger partial charge in [-0.1, -0.05) is 9.39 Å². The molecule has 0 fully saturated rings. The molecular formula is C20H48N5O5PSi. The maximum Gasteiger partial charge on any atom is 0.500 e. The summed E-state index contributed by atoms with van der Waals surface area (Å²) in [5, 5.41) is 12.4. The van der Waals surface area contributed by atoms with Crippen LogP contribution in [0.4, 0.5) is 4.79 Å². The van der Waals surface area contributed by atoms with Crippen molar-refractivity contribution in [2.75, 3.05) is 72.7 Å². The van der Waals surface area contributed by atoms with E-state index in [2.05, 4.69) is 30.4 Å². The third-order valence-electron chi connectivity index (χ3n) is 3.95. The number of hydrogen-bond donors (Lipinski definition) is 4. The van der Waals surface area contributed by atoms with E-state index >= 15 is 0 Å². The summed E-state index contributed by atoms with van der Waals surface area (Å²) in [6.07, 6.45) is 0.758. The summed E-state index contributed by atoms with van der Waals surface area (Å²) >= 11 is 0. The highest BCUT2D eigenvalue weighted by Crippen LogP contribution is 2.17. The summed E-state index contributed by atoms with van der Waals surface area (Å²) in [7, 11) is 1.75. The van der Waals surface area contributed by atoms with Gasteiger partial charge in [-0.25, -0.2) is 4.79 Å². The first-order valence-electron chi connectivity index (χ1n) is 11.5. The molecule has 0 aromatic carbocycles. The van der Waals surface area contributed by atoms with Crippen molar-refractivity contribution in [2.24, 2.45) is 0 Å². The second kappa shape index (κ2) is 23.5. The summed E-state index contributed by atoms with van der Waals surface area (Å²) in [5.41, 5.74) is 0. The van der Waals surface area contributed by atoms with E-state index in [1.807, 2.05) is 32.7 Å². The molecule has 0 bridgehead atoms. The number of Topliss-reactive ketones (excluding diaryl/α,β-unsaturated/α-hetero) is 1. The molecule has 1 atom stereocenters. The van der Waals surface area contributed by atoms with Gasteiger partial charge in [0.15, 0.2) is 0 Å². The number of nitrogens with zero attached hydrogens (tertiary/aromatic N) is 1. The molecule has 2 amide bonds. The molecule has 0 aromatic rings. The largest absolute Gasteiger partial charge is 0.500 e. The van der Waals surface area contributed by atoms with Crippen LogP contribution in [-0.4, -0.2) is 98.2 Å². The second-order valence-corrected chi connectivity index (χ2v) is 10.2. The third-order valence-corrected chi connectivity index (χ3v) is 7.39. The Labute approximate surface area is 198 Å². The Hall–Kier alpha value is -0.653. The maximum absolute atomic E-state index is 12.5. The quantitative estimate of drug-likeness (QED) is 0.120. The molecule has 0 spiro atoms. The Kier molecular flexibility index (Phi) is 24.6. The van der Waals surface area contributed by atoms with Crippen molar-refractivity contribution in [3.63, 3.8) is 0 Å². The molecular weight excluding hydrogens is 449 g/mol. The molecule has 1 unspecified atom stereocenters. The van der Waals surface area contributed by atoms with Crippen molar-refractivity contribution in [2.45, 2.75) is 47.1 Å². The molecule has 0 heterocycles. The molecule has 0 aromatic heterocycles. The number of carbonyl (C=O) groups is 2. The van der Waals surface area contributed by atoms with Gasteiger partial charge < -0.3 is 38.9 Å². The van der Waals surface area contributed by atoms with Gasteiger partial charge in [-0.05, 0) is 48.1 Å². The molecule has 0 saturated heterocycles. The Morgan fingerprint density at radius 2 is 1.41 bits per heavy atom. The van der Waals surface area contributed by atoms with E-state index in [9.17, 15) is 9.59 Å². The summed E-state index contributed by atoms with van der Waals surface area (Å²) in [5.74, 6) is 0.167. The van der Waals surface area contributed by atoms with Crippen LogP contribution in [0.2, 0.25) is 6.04 Å². The van der Waals surface area contributed by atoms with Gasteiger partial charge in [-0.15, -0.1) is 0 Å². The highest BCUT2D eigenvalue weighted by Gasteiger charge is 2.39. The van der Waals surface area contributed by atoms with Gasteiger partial charge >= 0.3 is 14.8 Å². The zero-order chi connectivity index (χ0) is 24.7. The highest BCUT2D eigenvalue weighted by atomic mass is 31.0. The van der Waals surface area contributed by atoms with Crippen molar-refractivity contribution in [1.29, 1.82) is 0 Å². The van der Waals surface area contributed by atoms with Crippen LogP contribution in [0.15, 0.2) is 0 Å². The average Bonchev–Trinajstić information content (AvgIpc) is 2.73. The van der Waals surface area contributed by atoms with Gasteiger partial charge in [0.2, 0.25) is 0 Å². The smallest absolute Gasteiger partial charge is 0.374 e. The summed E-state index contributed by atoms with van der Waals surface area (Å²) in [6.45, 7) is 15.8. The van der Waals surface area contributed by atoms with E-state index in [4.69, 9.17) is 13.3 Å². The fourth-order valence-corrected chi connectivity index (χ4v) is 5.42. The molecule has 0 radical (unpaired) electrons. The Bertz CT molecular complexity index is 445. The number of likely N-dealkylation sites (N-methyl/N-ethyl adjacent to an activating group) is 1. The molecule has 0 aliphatic carbocycles. The zero-order valence-corrected chi connectivity index (χ0v) is 23.2. The standard InChI is InChI=1S/C17H42N5O4PSi.C3H6O/c1-5-24-28(25-6-2,26-7-3)16-8-9-20-17(23)22(15-13-21-27)14-12-19-11-10-18-4;1-3(2)4/h18-19,21H,5-16,27H2,1-4H3,(H,20,23);1-2H3. The second-order valence-electron chi connectivity index (χ2n) is 7.02. The fourth-order valence-electron chi connectivity index (χ4n) is 2.68. The fraction of sp³-hybridized carbons (Fsp3) is 0.900. The predicted octanol–water partition coefficient (Wildman–Crippen LogP) is 1.22. The van der Waals surface area contributed by atoms with Gasteiger partial charge in [0.1, 0.15) is 5.78 Å². The van der Waals surface area contributed by atoms with Crippen LogP contribution in [0.3, 0.4) is 0 Å². The molecule has 0 saturated carbocycles. The number of urea groups is 1. The maximum atomic E-state index is 12.5. The third kappa shape index (κ3) is 20.0. The topological polar surface area (TPSA) is 113 Å². The van der Waals surface area contributed by atoms with Gasteiger partial charge in [-0.3, -0.25) is 5.09 Å². The van der Waals surface area contributed by atoms with Crippen molar-refractivity contribution < 1.29 is 22.9 Å². The number of amides is 2. The van der Waals surface area contributed by atoms with Crippen LogP contribution in [0.5, 0.6) is 0 Å². The summed E-state index contributed by atoms with van der Waals surface area (Å²) in [4.78, 5) is 23.8. The summed E-state index contributed by atoms with van der Waals surface area (Å²) < 4.78 is 17.6. The molecule has 32 heavy (non-hydrogen) atoms. The van der Waals surface area contributed by atoms with Crippen LogP contribution in [0.25, 0.3) is 0 Å². The molecule has 4 N–H and O–H groups in total. The normalized spacial score (nSPS) is 11.0. The Morgan fingerprint density at radius 3 is 1.88 bits per heavy atom. The molecule has 0 aliphatic heterocycles. The van der Waals surface area contributed by atoms with Gasteiger partial charge in [-0.2, -0.15) is 0 Å². The van der Waals surface area contributed by atoms with E-state index in [1.165, 1.54) is 13.8 Å². The SMILES string of the molecule is CC(C)=O.CCO[Si](CCCNC(=O)N(CCNP)CCNCCNC)(OCC)OCC. The summed E-state index contributed by atoms with van der Waals surface area (Å²) in [6, 6.07) is 0.647. The van der Waals surface area contributed by atoms with Crippen LogP contribution in [-0.2, 0) is 18.1 Å². The van der Waals surface area contributed by atoms with Crippen LogP contribution >= 0.6 is 9.39 Å². The van der Waals surface area contributed by atoms with E-state index in [1.54, 1.807) is 0 Å². The van der Waals surface area contributed by atoms with E-state index in [0.29, 0.717) is 45.5 Å². The van der Waals surface area contributed by atoms with Crippen LogP contribution in [0.1, 0.15) is 41.0 Å². The Balaban J connectivity index is 0. The van der Waals surface area contributed by atoms with Crippen LogP contribution in [0, 0.1) is 0 Å². The number of nitrogens with one attached hydrogen (secondary N) is 4. The lowest BCUT2D eigenvalue weighted by atomic mass is 10.4. The molecule has 10 nitrogen and oxygen atoms in total. The lowest BCUT2D eigenvalue weighted by Crippen LogP contribution is -2.48. The average molecular weight is 498 g/mol. The van der Waals surface area contributed by atoms with E-state index < -0.39 is 8.80 Å².